The summed E-state index contributed by atoms with van der Waals surface area (Å²) in [6.45, 7) is 0.719. The van der Waals surface area contributed by atoms with Crippen LogP contribution in [0.3, 0.4) is 0 Å². The molecule has 118 valence electrons. The minimum absolute atomic E-state index is 0.0714. The Kier molecular flexibility index (Phi) is 5.82. The molecule has 0 saturated carbocycles. The molecule has 1 aromatic carbocycles. The lowest BCUT2D eigenvalue weighted by atomic mass is 10.2. The molecule has 0 aliphatic carbocycles. The summed E-state index contributed by atoms with van der Waals surface area (Å²) in [6, 6.07) is 4.92. The van der Waals surface area contributed by atoms with Crippen LogP contribution in [0.15, 0.2) is 28.2 Å². The van der Waals surface area contributed by atoms with Crippen LogP contribution in [0.2, 0.25) is 5.02 Å². The summed E-state index contributed by atoms with van der Waals surface area (Å²) in [7, 11) is 2.87. The summed E-state index contributed by atoms with van der Waals surface area (Å²) in [5.74, 6) is -0.314. The van der Waals surface area contributed by atoms with Crippen molar-refractivity contribution in [3.8, 4) is 0 Å². The molecule has 0 atom stereocenters. The van der Waals surface area contributed by atoms with Crippen molar-refractivity contribution < 1.29 is 14.3 Å². The monoisotopic (exact) mass is 342 g/mol. The number of halogens is 1. The first-order valence-corrected chi connectivity index (χ1v) is 7.82. The van der Waals surface area contributed by atoms with Gasteiger partial charge in [0, 0.05) is 12.1 Å². The Morgan fingerprint density at radius 1 is 1.41 bits per heavy atom. The Morgan fingerprint density at radius 3 is 2.86 bits per heavy atom. The molecule has 0 unspecified atom stereocenters. The second-order valence-corrected chi connectivity index (χ2v) is 5.75. The molecule has 0 radical (unpaired) electrons. The van der Waals surface area contributed by atoms with E-state index in [1.165, 1.54) is 11.7 Å². The number of carbonyl (C=O) groups is 1. The second-order valence-electron chi connectivity index (χ2n) is 4.37. The third-order valence-corrected chi connectivity index (χ3v) is 4.13. The minimum Gasteiger partial charge on any atom is -0.468 e. The molecular weight excluding hydrogens is 328 g/mol. The highest BCUT2D eigenvalue weighted by Gasteiger charge is 2.13. The van der Waals surface area contributed by atoms with Gasteiger partial charge in [-0.1, -0.05) is 23.4 Å². The predicted octanol–water partition coefficient (Wildman–Crippen LogP) is 1.96. The molecular formula is C14H15ClN2O4S. The standard InChI is InChI=1S/C14H15ClN2O4S/c1-20-6-5-17-13(19)10-4-3-9(15)7-11(10)16-14(17)22-8-12(18)21-2/h3-4,7H,5-6,8H2,1-2H3. The number of ether oxygens (including phenoxy) is 2. The van der Waals surface area contributed by atoms with Crippen LogP contribution < -0.4 is 5.56 Å². The second kappa shape index (κ2) is 7.62. The lowest BCUT2D eigenvalue weighted by Gasteiger charge is -2.12. The van der Waals surface area contributed by atoms with E-state index in [-0.39, 0.29) is 17.3 Å². The van der Waals surface area contributed by atoms with Gasteiger partial charge in [0.05, 0.1) is 36.9 Å². The van der Waals surface area contributed by atoms with E-state index in [4.69, 9.17) is 16.3 Å². The van der Waals surface area contributed by atoms with Crippen molar-refractivity contribution in [3.05, 3.63) is 33.6 Å². The van der Waals surface area contributed by atoms with E-state index in [9.17, 15) is 9.59 Å². The van der Waals surface area contributed by atoms with E-state index in [0.29, 0.717) is 34.2 Å². The number of hydrogen-bond donors (Lipinski definition) is 0. The minimum atomic E-state index is -0.385. The van der Waals surface area contributed by atoms with E-state index in [0.717, 1.165) is 11.8 Å². The summed E-state index contributed by atoms with van der Waals surface area (Å²) in [5.41, 5.74) is 0.310. The fourth-order valence-electron chi connectivity index (χ4n) is 1.85. The molecule has 2 rings (SSSR count). The molecule has 0 N–H and O–H groups in total. The van der Waals surface area contributed by atoms with Gasteiger partial charge in [-0.3, -0.25) is 14.2 Å². The molecule has 0 aliphatic rings. The fraction of sp³-hybridized carbons (Fsp3) is 0.357. The number of rotatable bonds is 6. The van der Waals surface area contributed by atoms with E-state index < -0.39 is 0 Å². The number of methoxy groups -OCH3 is 2. The SMILES string of the molecule is COCCn1c(SCC(=O)OC)nc2cc(Cl)ccc2c1=O. The van der Waals surface area contributed by atoms with Gasteiger partial charge in [0.15, 0.2) is 5.16 Å². The first kappa shape index (κ1) is 16.8. The van der Waals surface area contributed by atoms with Gasteiger partial charge in [-0.2, -0.15) is 0 Å². The normalized spacial score (nSPS) is 10.9. The summed E-state index contributed by atoms with van der Waals surface area (Å²) in [5, 5.41) is 1.41. The molecule has 22 heavy (non-hydrogen) atoms. The maximum absolute atomic E-state index is 12.6. The van der Waals surface area contributed by atoms with Gasteiger partial charge in [-0.25, -0.2) is 4.98 Å². The van der Waals surface area contributed by atoms with Gasteiger partial charge in [-0.05, 0) is 18.2 Å². The largest absolute Gasteiger partial charge is 0.468 e. The van der Waals surface area contributed by atoms with Gasteiger partial charge >= 0.3 is 5.97 Å². The van der Waals surface area contributed by atoms with Crippen LogP contribution in [0.4, 0.5) is 0 Å². The number of aromatic nitrogens is 2. The Labute approximate surface area is 136 Å². The van der Waals surface area contributed by atoms with Gasteiger partial charge < -0.3 is 9.47 Å². The molecule has 1 aromatic heterocycles. The smallest absolute Gasteiger partial charge is 0.316 e. The van der Waals surface area contributed by atoms with Gasteiger partial charge in [0.25, 0.3) is 5.56 Å². The number of carbonyl (C=O) groups excluding carboxylic acids is 1. The van der Waals surface area contributed by atoms with Crippen LogP contribution in [0.1, 0.15) is 0 Å². The summed E-state index contributed by atoms with van der Waals surface area (Å²) < 4.78 is 11.1. The number of thioether (sulfide) groups is 1. The van der Waals surface area contributed by atoms with E-state index >= 15 is 0 Å². The maximum atomic E-state index is 12.6. The van der Waals surface area contributed by atoms with Crippen molar-refractivity contribution in [1.29, 1.82) is 0 Å². The average Bonchev–Trinajstić information content (AvgIpc) is 2.51. The summed E-state index contributed by atoms with van der Waals surface area (Å²) in [4.78, 5) is 28.3. The van der Waals surface area contributed by atoms with Crippen LogP contribution in [-0.2, 0) is 20.8 Å². The van der Waals surface area contributed by atoms with E-state index in [1.807, 2.05) is 0 Å². The third-order valence-electron chi connectivity index (χ3n) is 2.95. The van der Waals surface area contributed by atoms with Crippen molar-refractivity contribution in [3.63, 3.8) is 0 Å². The van der Waals surface area contributed by atoms with Crippen molar-refractivity contribution in [1.82, 2.24) is 9.55 Å². The first-order chi connectivity index (χ1) is 10.6. The molecule has 0 amide bonds. The lowest BCUT2D eigenvalue weighted by molar-refractivity contribution is -0.137. The van der Waals surface area contributed by atoms with Crippen molar-refractivity contribution in [2.45, 2.75) is 11.7 Å². The summed E-state index contributed by atoms with van der Waals surface area (Å²) >= 11 is 7.09. The van der Waals surface area contributed by atoms with Crippen molar-refractivity contribution in [2.24, 2.45) is 0 Å². The number of hydrogen-bond acceptors (Lipinski definition) is 6. The number of benzene rings is 1. The van der Waals surface area contributed by atoms with Crippen LogP contribution >= 0.6 is 23.4 Å². The van der Waals surface area contributed by atoms with E-state index in [1.54, 1.807) is 25.3 Å². The zero-order chi connectivity index (χ0) is 16.1. The zero-order valence-corrected chi connectivity index (χ0v) is 13.7. The molecule has 6 nitrogen and oxygen atoms in total. The van der Waals surface area contributed by atoms with Gasteiger partial charge in [0.1, 0.15) is 0 Å². The highest BCUT2D eigenvalue weighted by Crippen LogP contribution is 2.20. The molecule has 0 saturated heterocycles. The number of esters is 1. The third kappa shape index (κ3) is 3.79. The first-order valence-electron chi connectivity index (χ1n) is 6.45. The molecule has 0 fully saturated rings. The molecule has 0 bridgehead atoms. The number of fused-ring (bicyclic) bond motifs is 1. The predicted molar refractivity (Wildman–Crippen MR) is 85.6 cm³/mol. The highest BCUT2D eigenvalue weighted by molar-refractivity contribution is 7.99. The highest BCUT2D eigenvalue weighted by atomic mass is 35.5. The van der Waals surface area contributed by atoms with E-state index in [2.05, 4.69) is 9.72 Å². The van der Waals surface area contributed by atoms with Crippen LogP contribution in [-0.4, -0.2) is 42.1 Å². The quantitative estimate of drug-likeness (QED) is 0.454. The lowest BCUT2D eigenvalue weighted by Crippen LogP contribution is -2.25. The Hall–Kier alpha value is -1.57. The van der Waals surface area contributed by atoms with Crippen molar-refractivity contribution in [2.75, 3.05) is 26.6 Å². The molecule has 0 spiro atoms. The van der Waals surface area contributed by atoms with Crippen LogP contribution in [0, 0.1) is 0 Å². The Morgan fingerprint density at radius 2 is 2.18 bits per heavy atom. The van der Waals surface area contributed by atoms with Gasteiger partial charge in [0.2, 0.25) is 0 Å². The Bertz CT molecular complexity index is 747. The van der Waals surface area contributed by atoms with Crippen LogP contribution in [0.25, 0.3) is 10.9 Å². The average molecular weight is 343 g/mol. The zero-order valence-electron chi connectivity index (χ0n) is 12.2. The Balaban J connectivity index is 2.49. The van der Waals surface area contributed by atoms with Gasteiger partial charge in [-0.15, -0.1) is 0 Å². The van der Waals surface area contributed by atoms with Crippen LogP contribution in [0.5, 0.6) is 0 Å². The van der Waals surface area contributed by atoms with Crippen molar-refractivity contribution >= 4 is 40.2 Å². The molecule has 1 heterocycles. The molecule has 8 heteroatoms. The molecule has 0 aliphatic heterocycles. The summed E-state index contributed by atoms with van der Waals surface area (Å²) in [6.07, 6.45) is 0. The number of nitrogens with zero attached hydrogens (tertiary/aromatic N) is 2. The fourth-order valence-corrected chi connectivity index (χ4v) is 2.87. The molecule has 2 aromatic rings. The topological polar surface area (TPSA) is 70.4 Å². The maximum Gasteiger partial charge on any atom is 0.316 e.